The van der Waals surface area contributed by atoms with E-state index >= 15 is 0 Å². The molecule has 2 radical (unpaired) electrons. The SMILES string of the molecule is [Al+3].[Cl-].[Cl-].[Cl-].[Cl-].[Cl-].[Cl-].[Cl-].[Cl-].[Cl-].[Co+2].[Mn+2].[Ni+2]. The molecule has 0 rings (SSSR count). The van der Waals surface area contributed by atoms with Gasteiger partial charge in [0.25, 0.3) is 0 Å². The van der Waals surface area contributed by atoms with Crippen molar-refractivity contribution < 1.29 is 162 Å². The van der Waals surface area contributed by atoms with Gasteiger partial charge in [0.05, 0.1) is 0 Å². The van der Waals surface area contributed by atoms with Gasteiger partial charge in [0.2, 0.25) is 0 Å². The fourth-order valence-electron chi connectivity index (χ4n) is 0. The van der Waals surface area contributed by atoms with Gasteiger partial charge in [-0.05, 0) is 0 Å². The molecule has 0 fully saturated rings. The van der Waals surface area contributed by atoms with Crippen LogP contribution in [0.3, 0.4) is 0 Å². The van der Waals surface area contributed by atoms with Crippen LogP contribution in [0.2, 0.25) is 0 Å². The molecule has 13 heavy (non-hydrogen) atoms. The van der Waals surface area contributed by atoms with Crippen LogP contribution in [0.1, 0.15) is 0 Å². The fraction of sp³-hybridized carbons (Fsp3) is 0. The average Bonchev–Trinajstić information content (AvgIpc) is 0. The summed E-state index contributed by atoms with van der Waals surface area (Å²) in [4.78, 5) is 0. The molecule has 0 saturated carbocycles. The van der Waals surface area contributed by atoms with Crippen molar-refractivity contribution in [3.05, 3.63) is 0 Å². The third-order valence-corrected chi connectivity index (χ3v) is 0. The Labute approximate surface area is 177 Å². The second-order valence-electron chi connectivity index (χ2n) is 0. The maximum atomic E-state index is 0. The van der Waals surface area contributed by atoms with Gasteiger partial charge < -0.3 is 112 Å². The molecule has 13 heteroatoms. The first-order chi connectivity index (χ1) is 0. The largest absolute Gasteiger partial charge is 3.00 e. The number of hydrogen-bond acceptors (Lipinski definition) is 0. The monoisotopic (exact) mass is 514 g/mol. The number of rotatable bonds is 0. The molecule has 0 heterocycles. The Balaban J connectivity index is 0. The molecule has 0 amide bonds. The summed E-state index contributed by atoms with van der Waals surface area (Å²) in [6, 6.07) is 0. The zero-order valence-corrected chi connectivity index (χ0v) is 16.2. The van der Waals surface area contributed by atoms with Crippen LogP contribution in [0.15, 0.2) is 0 Å². The molecule has 0 aromatic heterocycles. The van der Waals surface area contributed by atoms with Crippen LogP contribution in [0, 0.1) is 0 Å². The molecule has 92 valence electrons. The predicted molar refractivity (Wildman–Crippen MR) is 5.75 cm³/mol. The van der Waals surface area contributed by atoms with Gasteiger partial charge in [-0.1, -0.05) is 0 Å². The second kappa shape index (κ2) is 188. The first-order valence-corrected chi connectivity index (χ1v) is 0. The van der Waals surface area contributed by atoms with E-state index < -0.39 is 0 Å². The molecule has 0 spiro atoms. The summed E-state index contributed by atoms with van der Waals surface area (Å²) in [6.07, 6.45) is 0. The van der Waals surface area contributed by atoms with Gasteiger partial charge in [-0.3, -0.25) is 0 Å². The predicted octanol–water partition coefficient (Wildman–Crippen LogP) is -27.4. The van der Waals surface area contributed by atoms with Crippen LogP contribution in [-0.2, 0) is 50.3 Å². The van der Waals surface area contributed by atoms with Crippen molar-refractivity contribution in [2.24, 2.45) is 0 Å². The van der Waals surface area contributed by atoms with E-state index in [9.17, 15) is 0 Å². The van der Waals surface area contributed by atoms with Crippen molar-refractivity contribution >= 4 is 17.4 Å². The molecule has 0 nitrogen and oxygen atoms in total. The molecule has 0 aliphatic carbocycles. The molecule has 0 aliphatic heterocycles. The van der Waals surface area contributed by atoms with Crippen LogP contribution < -0.4 is 112 Å². The molecule has 0 aromatic carbocycles. The summed E-state index contributed by atoms with van der Waals surface area (Å²) in [7, 11) is 0. The molecule has 0 atom stereocenters. The molecule has 0 N–H and O–H groups in total. The smallest absolute Gasteiger partial charge is 1.00 e. The maximum absolute atomic E-state index is 0. The Bertz CT molecular complexity index is 19.6. The number of halogens is 9. The third kappa shape index (κ3) is 165. The van der Waals surface area contributed by atoms with Crippen LogP contribution in [0.25, 0.3) is 0 Å². The Morgan fingerprint density at radius 3 is 0.385 bits per heavy atom. The maximum Gasteiger partial charge on any atom is 3.00 e. The Morgan fingerprint density at radius 2 is 0.385 bits per heavy atom. The van der Waals surface area contributed by atoms with E-state index in [4.69, 9.17) is 0 Å². The van der Waals surface area contributed by atoms with E-state index in [1.54, 1.807) is 0 Å². The van der Waals surface area contributed by atoms with Gasteiger partial charge in [-0.25, -0.2) is 0 Å². The van der Waals surface area contributed by atoms with Crippen LogP contribution >= 0.6 is 0 Å². The standard InChI is InChI=1S/Al.9ClH.Co.Mn.Ni/h;9*1H;;;/q+3;;;;;;;;;;3*+2/p-9. The molecular weight excluding hydrogens is 519 g/mol. The molecule has 0 unspecified atom stereocenters. The molecular formula is AlCl9CoMnNi. The summed E-state index contributed by atoms with van der Waals surface area (Å²) >= 11 is 0. The first kappa shape index (κ1) is 226. The summed E-state index contributed by atoms with van der Waals surface area (Å²) in [5.74, 6) is 0. The van der Waals surface area contributed by atoms with Crippen molar-refractivity contribution in [2.45, 2.75) is 0 Å². The van der Waals surface area contributed by atoms with Gasteiger partial charge in [-0.15, -0.1) is 0 Å². The van der Waals surface area contributed by atoms with E-state index in [1.807, 2.05) is 0 Å². The molecule has 0 bridgehead atoms. The van der Waals surface area contributed by atoms with E-state index in [0.717, 1.165) is 0 Å². The normalized spacial score (nSPS) is 0. The fourth-order valence-corrected chi connectivity index (χ4v) is 0. The summed E-state index contributed by atoms with van der Waals surface area (Å²) < 4.78 is 0. The van der Waals surface area contributed by atoms with E-state index in [1.165, 1.54) is 0 Å². The Hall–Kier alpha value is 4.66. The van der Waals surface area contributed by atoms with Crippen LogP contribution in [0.4, 0.5) is 0 Å². The zero-order valence-electron chi connectivity index (χ0n) is 5.01. The summed E-state index contributed by atoms with van der Waals surface area (Å²) in [5.41, 5.74) is 0. The van der Waals surface area contributed by atoms with Crippen molar-refractivity contribution in [3.8, 4) is 0 Å². The molecule has 0 aromatic rings. The summed E-state index contributed by atoms with van der Waals surface area (Å²) in [5, 5.41) is 0. The number of hydrogen-bond donors (Lipinski definition) is 0. The van der Waals surface area contributed by atoms with Crippen molar-refractivity contribution in [3.63, 3.8) is 0 Å². The van der Waals surface area contributed by atoms with Gasteiger partial charge in [0.15, 0.2) is 0 Å². The molecule has 0 saturated heterocycles. The third-order valence-electron chi connectivity index (χ3n) is 0. The Morgan fingerprint density at radius 1 is 0.385 bits per heavy atom. The minimum atomic E-state index is 0. The minimum absolute atomic E-state index is 0. The summed E-state index contributed by atoms with van der Waals surface area (Å²) in [6.45, 7) is 0. The van der Waals surface area contributed by atoms with Gasteiger partial charge in [-0.2, -0.15) is 0 Å². The van der Waals surface area contributed by atoms with Crippen molar-refractivity contribution in [2.75, 3.05) is 0 Å². The van der Waals surface area contributed by atoms with Gasteiger partial charge >= 0.3 is 67.7 Å². The zero-order chi connectivity index (χ0) is 0. The second-order valence-corrected chi connectivity index (χ2v) is 0. The van der Waals surface area contributed by atoms with E-state index in [-0.39, 0.29) is 179 Å². The quantitative estimate of drug-likeness (QED) is 0.280. The van der Waals surface area contributed by atoms with Gasteiger partial charge in [0.1, 0.15) is 0 Å². The topological polar surface area (TPSA) is 0 Å². The minimum Gasteiger partial charge on any atom is -1.00 e. The Kier molecular flexibility index (Phi) is 3260. The first-order valence-electron chi connectivity index (χ1n) is 0. The van der Waals surface area contributed by atoms with Crippen LogP contribution in [-0.4, -0.2) is 17.4 Å². The van der Waals surface area contributed by atoms with Crippen molar-refractivity contribution in [1.82, 2.24) is 0 Å². The van der Waals surface area contributed by atoms with Crippen LogP contribution in [0.5, 0.6) is 0 Å². The van der Waals surface area contributed by atoms with Crippen molar-refractivity contribution in [1.29, 1.82) is 0 Å². The average molecular weight is 519 g/mol. The van der Waals surface area contributed by atoms with E-state index in [0.29, 0.717) is 0 Å². The van der Waals surface area contributed by atoms with E-state index in [2.05, 4.69) is 0 Å². The molecule has 0 aliphatic rings. The van der Waals surface area contributed by atoms with Gasteiger partial charge in [0, 0.05) is 0 Å².